The molecule has 0 radical (unpaired) electrons. The zero-order chi connectivity index (χ0) is 11.9. The van der Waals surface area contributed by atoms with Gasteiger partial charge >= 0.3 is 0 Å². The van der Waals surface area contributed by atoms with E-state index in [2.05, 4.69) is 36.5 Å². The van der Waals surface area contributed by atoms with Crippen molar-refractivity contribution < 1.29 is 4.52 Å². The minimum atomic E-state index is 0.736. The minimum absolute atomic E-state index is 0.736. The molecule has 0 bridgehead atoms. The minimum Gasteiger partial charge on any atom is -0.343 e. The number of aryl methyl sites for hydroxylation is 1. The van der Waals surface area contributed by atoms with Crippen LogP contribution in [-0.2, 0) is 19.5 Å². The van der Waals surface area contributed by atoms with E-state index in [1.54, 1.807) is 0 Å². The Morgan fingerprint density at radius 2 is 2.41 bits per heavy atom. The number of imidazole rings is 1. The molecule has 0 spiro atoms. The van der Waals surface area contributed by atoms with Crippen LogP contribution in [0, 0.1) is 0 Å². The van der Waals surface area contributed by atoms with Gasteiger partial charge in [0, 0.05) is 32.3 Å². The van der Waals surface area contributed by atoms with Crippen LogP contribution in [0.3, 0.4) is 0 Å². The fraction of sp³-hybridized carbons (Fsp3) is 0.545. The van der Waals surface area contributed by atoms with Gasteiger partial charge in [-0.3, -0.25) is 0 Å². The number of hydrogen-bond donors (Lipinski definition) is 1. The first-order valence-corrected chi connectivity index (χ1v) is 5.85. The molecule has 2 aromatic rings. The molecular formula is C11H17N5O. The molecule has 0 aliphatic carbocycles. The van der Waals surface area contributed by atoms with E-state index in [1.807, 2.05) is 12.5 Å². The first-order valence-electron chi connectivity index (χ1n) is 5.85. The van der Waals surface area contributed by atoms with Gasteiger partial charge in [-0.25, -0.2) is 4.98 Å². The average molecular weight is 235 g/mol. The summed E-state index contributed by atoms with van der Waals surface area (Å²) in [5.41, 5.74) is 1.21. The third-order valence-electron chi connectivity index (χ3n) is 2.50. The highest BCUT2D eigenvalue weighted by molar-refractivity contribution is 4.97. The second-order valence-corrected chi connectivity index (χ2v) is 3.85. The van der Waals surface area contributed by atoms with Crippen LogP contribution < -0.4 is 5.32 Å². The summed E-state index contributed by atoms with van der Waals surface area (Å²) < 4.78 is 6.83. The molecule has 0 aromatic carbocycles. The van der Waals surface area contributed by atoms with Gasteiger partial charge in [0.05, 0.1) is 12.0 Å². The van der Waals surface area contributed by atoms with Gasteiger partial charge < -0.3 is 14.4 Å². The quantitative estimate of drug-likeness (QED) is 0.725. The predicted octanol–water partition coefficient (Wildman–Crippen LogP) is 1.01. The standard InChI is InChI=1S/C11H17N5O/c1-2-5-16-8-13-7-10(16)6-12-4-3-11-14-9-17-15-11/h7-9,12H,2-6H2,1H3. The fourth-order valence-corrected chi connectivity index (χ4v) is 1.66. The van der Waals surface area contributed by atoms with E-state index in [9.17, 15) is 0 Å². The molecule has 1 N–H and O–H groups in total. The second kappa shape index (κ2) is 6.15. The highest BCUT2D eigenvalue weighted by Gasteiger charge is 2.01. The van der Waals surface area contributed by atoms with Crippen molar-refractivity contribution in [2.24, 2.45) is 0 Å². The van der Waals surface area contributed by atoms with Crippen molar-refractivity contribution in [3.63, 3.8) is 0 Å². The van der Waals surface area contributed by atoms with Crippen LogP contribution in [0.15, 0.2) is 23.4 Å². The van der Waals surface area contributed by atoms with Crippen LogP contribution in [0.5, 0.6) is 0 Å². The normalized spacial score (nSPS) is 10.9. The van der Waals surface area contributed by atoms with Gasteiger partial charge in [0.25, 0.3) is 0 Å². The van der Waals surface area contributed by atoms with E-state index >= 15 is 0 Å². The van der Waals surface area contributed by atoms with E-state index in [4.69, 9.17) is 0 Å². The average Bonchev–Trinajstić information content (AvgIpc) is 2.96. The van der Waals surface area contributed by atoms with Crippen LogP contribution >= 0.6 is 0 Å². The van der Waals surface area contributed by atoms with E-state index in [-0.39, 0.29) is 0 Å². The summed E-state index contributed by atoms with van der Waals surface area (Å²) >= 11 is 0. The highest BCUT2D eigenvalue weighted by Crippen LogP contribution is 2.00. The molecule has 0 saturated carbocycles. The Labute approximate surface area is 100 Å². The molecule has 0 unspecified atom stereocenters. The maximum atomic E-state index is 4.67. The summed E-state index contributed by atoms with van der Waals surface area (Å²) in [7, 11) is 0. The van der Waals surface area contributed by atoms with Crippen LogP contribution in [0.25, 0.3) is 0 Å². The predicted molar refractivity (Wildman–Crippen MR) is 62.2 cm³/mol. The number of rotatable bonds is 7. The zero-order valence-corrected chi connectivity index (χ0v) is 9.96. The maximum absolute atomic E-state index is 4.67. The van der Waals surface area contributed by atoms with Crippen molar-refractivity contribution in [2.45, 2.75) is 32.9 Å². The lowest BCUT2D eigenvalue weighted by Gasteiger charge is -2.07. The van der Waals surface area contributed by atoms with E-state index in [1.165, 1.54) is 12.1 Å². The number of hydrogen-bond acceptors (Lipinski definition) is 5. The Bertz CT molecular complexity index is 423. The first-order chi connectivity index (χ1) is 8.40. The Balaban J connectivity index is 1.72. The Kier molecular flexibility index (Phi) is 4.26. The summed E-state index contributed by atoms with van der Waals surface area (Å²) in [4.78, 5) is 8.12. The lowest BCUT2D eigenvalue weighted by Crippen LogP contribution is -2.19. The molecule has 0 atom stereocenters. The lowest BCUT2D eigenvalue weighted by molar-refractivity contribution is 0.409. The van der Waals surface area contributed by atoms with Gasteiger partial charge in [0.15, 0.2) is 5.82 Å². The molecule has 0 aliphatic heterocycles. The van der Waals surface area contributed by atoms with Crippen LogP contribution in [-0.4, -0.2) is 26.2 Å². The zero-order valence-electron chi connectivity index (χ0n) is 9.96. The summed E-state index contributed by atoms with van der Waals surface area (Å²) in [6.07, 6.45) is 7.02. The van der Waals surface area contributed by atoms with Gasteiger partial charge in [-0.15, -0.1) is 0 Å². The molecule has 0 amide bonds. The third-order valence-corrected chi connectivity index (χ3v) is 2.50. The topological polar surface area (TPSA) is 68.8 Å². The molecule has 0 aliphatic rings. The molecule has 6 nitrogen and oxygen atoms in total. The molecule has 2 heterocycles. The van der Waals surface area contributed by atoms with Crippen molar-refractivity contribution in [1.82, 2.24) is 25.0 Å². The third kappa shape index (κ3) is 3.39. The molecular weight excluding hydrogens is 218 g/mol. The van der Waals surface area contributed by atoms with Crippen molar-refractivity contribution >= 4 is 0 Å². The maximum Gasteiger partial charge on any atom is 0.213 e. The van der Waals surface area contributed by atoms with Gasteiger partial charge in [0.2, 0.25) is 6.39 Å². The number of nitrogens with one attached hydrogen (secondary N) is 1. The Morgan fingerprint density at radius 1 is 1.47 bits per heavy atom. The second-order valence-electron chi connectivity index (χ2n) is 3.85. The van der Waals surface area contributed by atoms with Crippen molar-refractivity contribution in [1.29, 1.82) is 0 Å². The van der Waals surface area contributed by atoms with Crippen molar-refractivity contribution in [3.8, 4) is 0 Å². The first kappa shape index (κ1) is 11.8. The molecule has 0 fully saturated rings. The Morgan fingerprint density at radius 3 is 3.18 bits per heavy atom. The summed E-state index contributed by atoms with van der Waals surface area (Å²) in [5, 5.41) is 7.10. The van der Waals surface area contributed by atoms with Crippen molar-refractivity contribution in [2.75, 3.05) is 6.54 Å². The molecule has 0 saturated heterocycles. The summed E-state index contributed by atoms with van der Waals surface area (Å²) in [6.45, 7) is 4.82. The molecule has 92 valence electrons. The number of nitrogens with zero attached hydrogens (tertiary/aromatic N) is 4. The molecule has 2 aromatic heterocycles. The summed E-state index contributed by atoms with van der Waals surface area (Å²) in [5.74, 6) is 0.736. The van der Waals surface area contributed by atoms with E-state index < -0.39 is 0 Å². The van der Waals surface area contributed by atoms with Gasteiger partial charge in [-0.05, 0) is 6.42 Å². The SMILES string of the molecule is CCCn1cncc1CNCCc1ncon1. The van der Waals surface area contributed by atoms with Gasteiger partial charge in [-0.2, -0.15) is 4.98 Å². The molecule has 2 rings (SSSR count). The number of aromatic nitrogens is 4. The molecule has 6 heteroatoms. The van der Waals surface area contributed by atoms with E-state index in [0.29, 0.717) is 0 Å². The highest BCUT2D eigenvalue weighted by atomic mass is 16.5. The monoisotopic (exact) mass is 235 g/mol. The van der Waals surface area contributed by atoms with E-state index in [0.717, 1.165) is 38.3 Å². The van der Waals surface area contributed by atoms with Crippen LogP contribution in [0.4, 0.5) is 0 Å². The van der Waals surface area contributed by atoms with Gasteiger partial charge in [0.1, 0.15) is 0 Å². The van der Waals surface area contributed by atoms with Crippen LogP contribution in [0.2, 0.25) is 0 Å². The summed E-state index contributed by atoms with van der Waals surface area (Å²) in [6, 6.07) is 0. The van der Waals surface area contributed by atoms with Crippen LogP contribution in [0.1, 0.15) is 24.9 Å². The van der Waals surface area contributed by atoms with Gasteiger partial charge in [-0.1, -0.05) is 12.1 Å². The Hall–Kier alpha value is -1.69. The largest absolute Gasteiger partial charge is 0.343 e. The fourth-order valence-electron chi connectivity index (χ4n) is 1.66. The van der Waals surface area contributed by atoms with Crippen molar-refractivity contribution in [3.05, 3.63) is 30.4 Å². The lowest BCUT2D eigenvalue weighted by atomic mass is 10.3. The smallest absolute Gasteiger partial charge is 0.213 e. The molecule has 17 heavy (non-hydrogen) atoms.